The third-order valence-corrected chi connectivity index (χ3v) is 2.99. The van der Waals surface area contributed by atoms with Crippen molar-refractivity contribution in [1.29, 1.82) is 0 Å². The lowest BCUT2D eigenvalue weighted by molar-refractivity contribution is 0.102. The molecule has 0 bridgehead atoms. The first-order chi connectivity index (χ1) is 8.88. The molecule has 0 saturated carbocycles. The normalized spacial score (nSPS) is 10.6. The van der Waals surface area contributed by atoms with E-state index in [1.165, 1.54) is 6.07 Å². The summed E-state index contributed by atoms with van der Waals surface area (Å²) in [6.07, 6.45) is 0. The quantitative estimate of drug-likeness (QED) is 0.897. The molecule has 0 spiro atoms. The van der Waals surface area contributed by atoms with E-state index in [9.17, 15) is 13.6 Å². The molecule has 0 unspecified atom stereocenters. The fourth-order valence-corrected chi connectivity index (χ4v) is 2.10. The van der Waals surface area contributed by atoms with Gasteiger partial charge in [-0.3, -0.25) is 4.79 Å². The van der Waals surface area contributed by atoms with E-state index in [0.717, 1.165) is 12.1 Å². The number of nitrogens with one attached hydrogen (secondary N) is 1. The summed E-state index contributed by atoms with van der Waals surface area (Å²) >= 11 is 2.97. The maximum absolute atomic E-state index is 13.6. The highest BCUT2D eigenvalue weighted by atomic mass is 79.9. The molecule has 6 heteroatoms. The van der Waals surface area contributed by atoms with Gasteiger partial charge in [-0.05, 0) is 32.0 Å². The van der Waals surface area contributed by atoms with Crippen LogP contribution in [-0.2, 0) is 0 Å². The van der Waals surface area contributed by atoms with Crippen LogP contribution >= 0.6 is 15.9 Å². The lowest BCUT2D eigenvalue weighted by Crippen LogP contribution is -2.14. The van der Waals surface area contributed by atoms with Crippen molar-refractivity contribution in [2.45, 2.75) is 13.8 Å². The predicted molar refractivity (Wildman–Crippen MR) is 70.2 cm³/mol. The topological polar surface area (TPSA) is 42.2 Å². The number of amides is 1. The van der Waals surface area contributed by atoms with Crippen molar-refractivity contribution in [1.82, 2.24) is 0 Å². The molecule has 0 atom stereocenters. The number of anilines is 1. The van der Waals surface area contributed by atoms with E-state index in [1.54, 1.807) is 13.8 Å². The molecule has 1 N–H and O–H groups in total. The summed E-state index contributed by atoms with van der Waals surface area (Å²) in [6, 6.07) is 3.66. The molecule has 3 nitrogen and oxygen atoms in total. The molecule has 0 radical (unpaired) electrons. The van der Waals surface area contributed by atoms with Gasteiger partial charge in [0.1, 0.15) is 17.2 Å². The van der Waals surface area contributed by atoms with Crippen molar-refractivity contribution in [3.8, 4) is 0 Å². The number of aryl methyl sites for hydroxylation is 2. The van der Waals surface area contributed by atoms with E-state index >= 15 is 0 Å². The highest BCUT2D eigenvalue weighted by Gasteiger charge is 2.18. The van der Waals surface area contributed by atoms with Crippen LogP contribution in [0.25, 0.3) is 0 Å². The van der Waals surface area contributed by atoms with E-state index in [1.807, 2.05) is 0 Å². The minimum atomic E-state index is -0.849. The van der Waals surface area contributed by atoms with Gasteiger partial charge in [0.2, 0.25) is 0 Å². The Morgan fingerprint density at radius 2 is 1.79 bits per heavy atom. The van der Waals surface area contributed by atoms with Gasteiger partial charge in [-0.15, -0.1) is 0 Å². The number of hydrogen-bond donors (Lipinski definition) is 1. The lowest BCUT2D eigenvalue weighted by atomic mass is 10.2. The number of benzene rings is 1. The van der Waals surface area contributed by atoms with Crippen molar-refractivity contribution in [3.63, 3.8) is 0 Å². The van der Waals surface area contributed by atoms with Crippen molar-refractivity contribution in [2.24, 2.45) is 0 Å². The van der Waals surface area contributed by atoms with Crippen molar-refractivity contribution in [3.05, 3.63) is 51.4 Å². The fraction of sp³-hybridized carbons (Fsp3) is 0.154. The highest BCUT2D eigenvalue weighted by molar-refractivity contribution is 9.10. The maximum Gasteiger partial charge on any atom is 0.259 e. The van der Waals surface area contributed by atoms with Crippen LogP contribution in [0.5, 0.6) is 0 Å². The second-order valence-corrected chi connectivity index (χ2v) is 4.94. The molecule has 1 heterocycles. The molecule has 2 rings (SSSR count). The molecule has 1 amide bonds. The maximum atomic E-state index is 13.6. The van der Waals surface area contributed by atoms with Crippen LogP contribution < -0.4 is 5.32 Å². The predicted octanol–water partition coefficient (Wildman–Crippen LogP) is 4.19. The van der Waals surface area contributed by atoms with E-state index in [2.05, 4.69) is 21.2 Å². The van der Waals surface area contributed by atoms with Crippen molar-refractivity contribution < 1.29 is 18.0 Å². The summed E-state index contributed by atoms with van der Waals surface area (Å²) in [7, 11) is 0. The molecule has 0 aliphatic carbocycles. The van der Waals surface area contributed by atoms with Crippen LogP contribution in [0.15, 0.2) is 27.1 Å². The third kappa shape index (κ3) is 2.84. The summed E-state index contributed by atoms with van der Waals surface area (Å²) in [5.74, 6) is -1.36. The molecule has 1 aromatic heterocycles. The summed E-state index contributed by atoms with van der Waals surface area (Å²) in [5.41, 5.74) is -0.231. The zero-order valence-corrected chi connectivity index (χ0v) is 11.8. The van der Waals surface area contributed by atoms with E-state index in [-0.39, 0.29) is 10.0 Å². The first-order valence-corrected chi connectivity index (χ1v) is 6.20. The molecule has 0 saturated heterocycles. The molecule has 0 fully saturated rings. The molecule has 0 aliphatic rings. The molecule has 19 heavy (non-hydrogen) atoms. The van der Waals surface area contributed by atoms with Gasteiger partial charge in [0.05, 0.1) is 5.56 Å². The molecule has 100 valence electrons. The Morgan fingerprint density at radius 1 is 1.21 bits per heavy atom. The second-order valence-electron chi connectivity index (χ2n) is 4.03. The molecule has 2 aromatic rings. The first kappa shape index (κ1) is 13.7. The van der Waals surface area contributed by atoms with Gasteiger partial charge in [-0.1, -0.05) is 15.9 Å². The Morgan fingerprint density at radius 3 is 2.26 bits per heavy atom. The van der Waals surface area contributed by atoms with E-state index < -0.39 is 23.2 Å². The number of hydrogen-bond acceptors (Lipinski definition) is 2. The summed E-state index contributed by atoms with van der Waals surface area (Å²) in [5, 5.41) is 2.21. The van der Waals surface area contributed by atoms with Crippen LogP contribution in [-0.4, -0.2) is 5.91 Å². The molecule has 0 aliphatic heterocycles. The van der Waals surface area contributed by atoms with Gasteiger partial charge in [-0.25, -0.2) is 8.78 Å². The van der Waals surface area contributed by atoms with Gasteiger partial charge < -0.3 is 9.73 Å². The minimum Gasteiger partial charge on any atom is -0.466 e. The number of carbonyl (C=O) groups is 1. The molecular weight excluding hydrogens is 320 g/mol. The second kappa shape index (κ2) is 5.13. The zero-order chi connectivity index (χ0) is 14.2. The lowest BCUT2D eigenvalue weighted by Gasteiger charge is -2.07. The minimum absolute atomic E-state index is 0.249. The number of halogens is 3. The SMILES string of the molecule is Cc1cc(C(=O)Nc2c(F)cc(Br)cc2F)c(C)o1. The van der Waals surface area contributed by atoms with Crippen LogP contribution in [0.2, 0.25) is 0 Å². The Hall–Kier alpha value is -1.69. The van der Waals surface area contributed by atoms with E-state index in [4.69, 9.17) is 4.42 Å². The fourth-order valence-electron chi connectivity index (χ4n) is 1.70. The van der Waals surface area contributed by atoms with Gasteiger partial charge in [-0.2, -0.15) is 0 Å². The Balaban J connectivity index is 2.32. The summed E-state index contributed by atoms with van der Waals surface area (Å²) in [6.45, 7) is 3.29. The van der Waals surface area contributed by atoms with Crippen molar-refractivity contribution >= 4 is 27.5 Å². The Bertz CT molecular complexity index is 629. The molecular formula is C13H10BrF2NO2. The Kier molecular flexibility index (Phi) is 3.71. The number of furan rings is 1. The van der Waals surface area contributed by atoms with Crippen LogP contribution in [0.3, 0.4) is 0 Å². The average molecular weight is 330 g/mol. The van der Waals surface area contributed by atoms with E-state index in [0.29, 0.717) is 11.5 Å². The highest BCUT2D eigenvalue weighted by Crippen LogP contribution is 2.25. The first-order valence-electron chi connectivity index (χ1n) is 5.41. The average Bonchev–Trinajstić information content (AvgIpc) is 2.62. The molecule has 1 aromatic carbocycles. The third-order valence-electron chi connectivity index (χ3n) is 2.53. The van der Waals surface area contributed by atoms with Crippen LogP contribution in [0.1, 0.15) is 21.9 Å². The van der Waals surface area contributed by atoms with Crippen LogP contribution in [0.4, 0.5) is 14.5 Å². The smallest absolute Gasteiger partial charge is 0.259 e. The van der Waals surface area contributed by atoms with Gasteiger partial charge in [0.25, 0.3) is 5.91 Å². The zero-order valence-electron chi connectivity index (χ0n) is 10.2. The van der Waals surface area contributed by atoms with Crippen molar-refractivity contribution in [2.75, 3.05) is 5.32 Å². The summed E-state index contributed by atoms with van der Waals surface area (Å²) in [4.78, 5) is 11.9. The van der Waals surface area contributed by atoms with Gasteiger partial charge in [0, 0.05) is 4.47 Å². The summed E-state index contributed by atoms with van der Waals surface area (Å²) < 4.78 is 32.6. The van der Waals surface area contributed by atoms with Crippen LogP contribution in [0, 0.1) is 25.5 Å². The van der Waals surface area contributed by atoms with Gasteiger partial charge in [0.15, 0.2) is 11.6 Å². The number of carbonyl (C=O) groups excluding carboxylic acids is 1. The standard InChI is InChI=1S/C13H10BrF2NO2/c1-6-3-9(7(2)19-6)13(18)17-12-10(15)4-8(14)5-11(12)16/h3-5H,1-2H3,(H,17,18). The number of rotatable bonds is 2. The Labute approximate surface area is 116 Å². The monoisotopic (exact) mass is 329 g/mol. The van der Waals surface area contributed by atoms with Gasteiger partial charge >= 0.3 is 0 Å². The largest absolute Gasteiger partial charge is 0.466 e.